The third-order valence-electron chi connectivity index (χ3n) is 4.36. The largest absolute Gasteiger partial charge is 0.493 e. The van der Waals surface area contributed by atoms with Crippen LogP contribution in [-0.4, -0.2) is 24.3 Å². The summed E-state index contributed by atoms with van der Waals surface area (Å²) in [5.74, 6) is 3.76. The SMILES string of the molecule is C#CCNC(=O)C(S)C[C@@H]1CCc2ccc3c(c21)CCO3. The van der Waals surface area contributed by atoms with E-state index in [4.69, 9.17) is 11.2 Å². The van der Waals surface area contributed by atoms with Gasteiger partial charge in [-0.1, -0.05) is 12.0 Å². The van der Waals surface area contributed by atoms with E-state index in [1.807, 2.05) is 0 Å². The Balaban J connectivity index is 1.74. The number of aryl methyl sites for hydroxylation is 1. The lowest BCUT2D eigenvalue weighted by Gasteiger charge is -2.18. The molecule has 1 aromatic carbocycles. The quantitative estimate of drug-likeness (QED) is 0.660. The third kappa shape index (κ3) is 2.75. The maximum atomic E-state index is 11.9. The van der Waals surface area contributed by atoms with E-state index in [2.05, 4.69) is 36.0 Å². The lowest BCUT2D eigenvalue weighted by Crippen LogP contribution is -2.32. The van der Waals surface area contributed by atoms with Crippen LogP contribution in [0.25, 0.3) is 0 Å². The average Bonchev–Trinajstić information content (AvgIpc) is 3.10. The standard InChI is InChI=1S/C17H19NO2S/c1-2-8-18-17(19)15(21)10-12-4-3-11-5-6-14-13(16(11)12)7-9-20-14/h1,5-6,12,15,21H,3-4,7-10H2,(H,18,19)/t12-,15?/m0/s1. The van der Waals surface area contributed by atoms with Crippen molar-refractivity contribution in [3.8, 4) is 18.1 Å². The summed E-state index contributed by atoms with van der Waals surface area (Å²) in [5.41, 5.74) is 4.17. The second-order valence-electron chi connectivity index (χ2n) is 5.62. The van der Waals surface area contributed by atoms with Crippen molar-refractivity contribution in [2.75, 3.05) is 13.2 Å². The monoisotopic (exact) mass is 301 g/mol. The molecule has 1 N–H and O–H groups in total. The molecule has 110 valence electrons. The van der Waals surface area contributed by atoms with Gasteiger partial charge < -0.3 is 10.1 Å². The molecular weight excluding hydrogens is 282 g/mol. The molecule has 1 aliphatic carbocycles. The zero-order chi connectivity index (χ0) is 14.8. The van der Waals surface area contributed by atoms with Gasteiger partial charge in [0.1, 0.15) is 5.75 Å². The fourth-order valence-corrected chi connectivity index (χ4v) is 3.76. The Labute approximate surface area is 130 Å². The summed E-state index contributed by atoms with van der Waals surface area (Å²) in [7, 11) is 0. The number of benzene rings is 1. The molecule has 2 atom stereocenters. The van der Waals surface area contributed by atoms with Crippen molar-refractivity contribution in [1.82, 2.24) is 5.32 Å². The molecule has 0 saturated heterocycles. The molecule has 1 aromatic rings. The van der Waals surface area contributed by atoms with E-state index in [1.165, 1.54) is 16.7 Å². The highest BCUT2D eigenvalue weighted by atomic mass is 32.1. The van der Waals surface area contributed by atoms with Gasteiger partial charge in [0.05, 0.1) is 18.4 Å². The van der Waals surface area contributed by atoms with Crippen LogP contribution in [0.4, 0.5) is 0 Å². The maximum Gasteiger partial charge on any atom is 0.233 e. The zero-order valence-electron chi connectivity index (χ0n) is 11.9. The zero-order valence-corrected chi connectivity index (χ0v) is 12.8. The molecule has 1 aliphatic heterocycles. The molecule has 2 aliphatic rings. The van der Waals surface area contributed by atoms with Crippen molar-refractivity contribution in [3.05, 3.63) is 28.8 Å². The van der Waals surface area contributed by atoms with Crippen LogP contribution in [0.15, 0.2) is 12.1 Å². The van der Waals surface area contributed by atoms with Crippen molar-refractivity contribution in [3.63, 3.8) is 0 Å². The summed E-state index contributed by atoms with van der Waals surface area (Å²) in [5, 5.41) is 2.39. The Hall–Kier alpha value is -1.60. The molecule has 1 amide bonds. The van der Waals surface area contributed by atoms with Gasteiger partial charge >= 0.3 is 0 Å². The lowest BCUT2D eigenvalue weighted by molar-refractivity contribution is -0.120. The van der Waals surface area contributed by atoms with Gasteiger partial charge in [-0.2, -0.15) is 12.6 Å². The highest BCUT2D eigenvalue weighted by Crippen LogP contribution is 2.44. The van der Waals surface area contributed by atoms with Crippen molar-refractivity contribution < 1.29 is 9.53 Å². The van der Waals surface area contributed by atoms with Crippen molar-refractivity contribution in [2.45, 2.75) is 36.9 Å². The average molecular weight is 301 g/mol. The van der Waals surface area contributed by atoms with Crippen LogP contribution in [0.1, 0.15) is 35.4 Å². The predicted octanol–water partition coefficient (Wildman–Crippen LogP) is 2.09. The summed E-state index contributed by atoms with van der Waals surface area (Å²) < 4.78 is 5.66. The number of nitrogens with one attached hydrogen (secondary N) is 1. The summed E-state index contributed by atoms with van der Waals surface area (Å²) in [6.45, 7) is 1.03. The molecule has 0 aromatic heterocycles. The fourth-order valence-electron chi connectivity index (χ4n) is 3.42. The fraction of sp³-hybridized carbons (Fsp3) is 0.471. The Bertz CT molecular complexity index is 606. The predicted molar refractivity (Wildman–Crippen MR) is 85.9 cm³/mol. The Morgan fingerprint density at radius 2 is 2.38 bits per heavy atom. The number of thiol groups is 1. The smallest absolute Gasteiger partial charge is 0.233 e. The molecule has 21 heavy (non-hydrogen) atoms. The van der Waals surface area contributed by atoms with E-state index in [0.29, 0.717) is 5.92 Å². The van der Waals surface area contributed by atoms with E-state index >= 15 is 0 Å². The molecule has 1 heterocycles. The summed E-state index contributed by atoms with van der Waals surface area (Å²) in [6, 6.07) is 4.26. The van der Waals surface area contributed by atoms with Crippen LogP contribution in [0.3, 0.4) is 0 Å². The highest BCUT2D eigenvalue weighted by molar-refractivity contribution is 7.81. The third-order valence-corrected chi connectivity index (χ3v) is 4.80. The molecular formula is C17H19NO2S. The molecule has 0 spiro atoms. The van der Waals surface area contributed by atoms with Crippen LogP contribution in [0.5, 0.6) is 5.75 Å². The normalized spacial score (nSPS) is 20.1. The Morgan fingerprint density at radius 1 is 1.52 bits per heavy atom. The van der Waals surface area contributed by atoms with Gasteiger partial charge in [-0.15, -0.1) is 6.42 Å². The van der Waals surface area contributed by atoms with Crippen molar-refractivity contribution in [2.24, 2.45) is 0 Å². The number of hydrogen-bond acceptors (Lipinski definition) is 3. The number of terminal acetylenes is 1. The van der Waals surface area contributed by atoms with Gasteiger partial charge in [0.2, 0.25) is 5.91 Å². The summed E-state index contributed by atoms with van der Waals surface area (Å²) >= 11 is 4.46. The first-order valence-electron chi connectivity index (χ1n) is 7.37. The molecule has 3 nitrogen and oxygen atoms in total. The van der Waals surface area contributed by atoms with Gasteiger partial charge in [0.25, 0.3) is 0 Å². The first-order valence-corrected chi connectivity index (χ1v) is 7.89. The second-order valence-corrected chi connectivity index (χ2v) is 6.25. The van der Waals surface area contributed by atoms with E-state index < -0.39 is 0 Å². The number of hydrogen-bond donors (Lipinski definition) is 2. The van der Waals surface area contributed by atoms with Crippen LogP contribution >= 0.6 is 12.6 Å². The summed E-state index contributed by atoms with van der Waals surface area (Å²) in [4.78, 5) is 11.9. The van der Waals surface area contributed by atoms with E-state index in [1.54, 1.807) is 0 Å². The molecule has 4 heteroatoms. The van der Waals surface area contributed by atoms with E-state index in [-0.39, 0.29) is 17.7 Å². The van der Waals surface area contributed by atoms with Gasteiger partial charge in [-0.25, -0.2) is 0 Å². The van der Waals surface area contributed by atoms with Gasteiger partial charge in [-0.3, -0.25) is 4.79 Å². The Morgan fingerprint density at radius 3 is 3.19 bits per heavy atom. The second kappa shape index (κ2) is 6.03. The number of fused-ring (bicyclic) bond motifs is 3. The van der Waals surface area contributed by atoms with Gasteiger partial charge in [0, 0.05) is 12.0 Å². The number of amides is 1. The minimum Gasteiger partial charge on any atom is -0.493 e. The van der Waals surface area contributed by atoms with Crippen molar-refractivity contribution in [1.29, 1.82) is 0 Å². The van der Waals surface area contributed by atoms with Crippen LogP contribution < -0.4 is 10.1 Å². The number of rotatable bonds is 4. The number of carbonyl (C=O) groups is 1. The maximum absolute atomic E-state index is 11.9. The van der Waals surface area contributed by atoms with Gasteiger partial charge in [0.15, 0.2) is 0 Å². The first-order chi connectivity index (χ1) is 10.2. The molecule has 0 bridgehead atoms. The van der Waals surface area contributed by atoms with Crippen LogP contribution in [0.2, 0.25) is 0 Å². The Kier molecular flexibility index (Phi) is 4.12. The number of carbonyl (C=O) groups excluding carboxylic acids is 1. The lowest BCUT2D eigenvalue weighted by atomic mass is 9.90. The van der Waals surface area contributed by atoms with Crippen molar-refractivity contribution >= 4 is 18.5 Å². The minimum atomic E-state index is -0.313. The molecule has 0 fully saturated rings. The first kappa shape index (κ1) is 14.3. The number of ether oxygens (including phenoxy) is 1. The topological polar surface area (TPSA) is 38.3 Å². The van der Waals surface area contributed by atoms with Crippen LogP contribution in [0, 0.1) is 12.3 Å². The minimum absolute atomic E-state index is 0.0754. The highest BCUT2D eigenvalue weighted by Gasteiger charge is 2.31. The van der Waals surface area contributed by atoms with E-state index in [0.717, 1.165) is 38.0 Å². The summed E-state index contributed by atoms with van der Waals surface area (Å²) in [6.07, 6.45) is 9.07. The molecule has 3 rings (SSSR count). The van der Waals surface area contributed by atoms with Crippen LogP contribution in [-0.2, 0) is 17.6 Å². The van der Waals surface area contributed by atoms with E-state index in [9.17, 15) is 4.79 Å². The molecule has 1 unspecified atom stereocenters. The molecule has 0 radical (unpaired) electrons. The molecule has 0 saturated carbocycles. The van der Waals surface area contributed by atoms with Gasteiger partial charge in [-0.05, 0) is 42.4 Å².